The lowest BCUT2D eigenvalue weighted by Gasteiger charge is -2.37. The van der Waals surface area contributed by atoms with Gasteiger partial charge in [0, 0.05) is 44.0 Å². The van der Waals surface area contributed by atoms with Gasteiger partial charge in [-0.3, -0.25) is 9.59 Å². The van der Waals surface area contributed by atoms with Crippen LogP contribution in [0.3, 0.4) is 0 Å². The average Bonchev–Trinajstić information content (AvgIpc) is 3.33. The Bertz CT molecular complexity index is 1070. The number of hydrogen-bond acceptors (Lipinski definition) is 6. The molecule has 1 aliphatic rings. The molecule has 0 N–H and O–H groups in total. The lowest BCUT2D eigenvalue weighted by atomic mass is 10.2. The Morgan fingerprint density at radius 2 is 1.90 bits per heavy atom. The maximum absolute atomic E-state index is 13.1. The minimum atomic E-state index is -0.652. The third kappa shape index (κ3) is 4.09. The van der Waals surface area contributed by atoms with Gasteiger partial charge < -0.3 is 14.5 Å². The van der Waals surface area contributed by atoms with Crippen molar-refractivity contribution in [3.8, 4) is 16.3 Å². The second-order valence-corrected chi connectivity index (χ2v) is 8.12. The van der Waals surface area contributed by atoms with Crippen molar-refractivity contribution in [2.45, 2.75) is 13.0 Å². The van der Waals surface area contributed by atoms with Crippen LogP contribution in [0.4, 0.5) is 5.69 Å². The molecule has 30 heavy (non-hydrogen) atoms. The van der Waals surface area contributed by atoms with Crippen molar-refractivity contribution in [1.82, 2.24) is 14.7 Å². The Morgan fingerprint density at radius 3 is 2.60 bits per heavy atom. The first-order chi connectivity index (χ1) is 14.6. The third-order valence-electron chi connectivity index (χ3n) is 5.33. The number of thiophene rings is 1. The lowest BCUT2D eigenvalue weighted by Crippen LogP contribution is -2.51. The zero-order chi connectivity index (χ0) is 21.1. The molecule has 3 aromatic rings. The molecule has 7 nitrogen and oxygen atoms in total. The number of benzene rings is 1. The molecule has 156 valence electrons. The Hall–Kier alpha value is -3.13. The van der Waals surface area contributed by atoms with E-state index < -0.39 is 6.04 Å². The molecule has 1 aliphatic heterocycles. The van der Waals surface area contributed by atoms with Crippen LogP contribution in [0.2, 0.25) is 0 Å². The molecule has 0 aliphatic carbocycles. The van der Waals surface area contributed by atoms with E-state index in [1.165, 1.54) is 10.7 Å². The number of aromatic nitrogens is 2. The van der Waals surface area contributed by atoms with Gasteiger partial charge in [0.25, 0.3) is 5.56 Å². The largest absolute Gasteiger partial charge is 0.497 e. The van der Waals surface area contributed by atoms with Crippen LogP contribution in [0, 0.1) is 0 Å². The summed E-state index contributed by atoms with van der Waals surface area (Å²) >= 11 is 1.55. The number of piperazine rings is 1. The van der Waals surface area contributed by atoms with Crippen LogP contribution in [0.15, 0.2) is 58.7 Å². The summed E-state index contributed by atoms with van der Waals surface area (Å²) in [6.07, 6.45) is 0. The molecule has 8 heteroatoms. The van der Waals surface area contributed by atoms with E-state index in [0.29, 0.717) is 18.8 Å². The summed E-state index contributed by atoms with van der Waals surface area (Å²) < 4.78 is 6.60. The fourth-order valence-corrected chi connectivity index (χ4v) is 4.31. The van der Waals surface area contributed by atoms with Crippen LogP contribution in [-0.4, -0.2) is 53.9 Å². The molecule has 1 aromatic carbocycles. The summed E-state index contributed by atoms with van der Waals surface area (Å²) in [5.41, 5.74) is 1.51. The maximum atomic E-state index is 13.1. The number of carbonyl (C=O) groups is 1. The van der Waals surface area contributed by atoms with Crippen molar-refractivity contribution in [2.24, 2.45) is 0 Å². The van der Waals surface area contributed by atoms with E-state index in [9.17, 15) is 9.59 Å². The number of carbonyl (C=O) groups excluding carboxylic acids is 1. The zero-order valence-corrected chi connectivity index (χ0v) is 17.8. The van der Waals surface area contributed by atoms with Gasteiger partial charge in [-0.2, -0.15) is 5.10 Å². The van der Waals surface area contributed by atoms with Gasteiger partial charge in [0.05, 0.1) is 12.0 Å². The fraction of sp³-hybridized carbons (Fsp3) is 0.318. The normalized spacial score (nSPS) is 15.1. The van der Waals surface area contributed by atoms with Crippen LogP contribution in [-0.2, 0) is 4.79 Å². The molecule has 2 aromatic heterocycles. The standard InChI is InChI=1S/C22H24N4O3S/c1-16(26-21(27)9-8-19(23-26)20-7-4-14-30-20)22(28)25-12-10-24(11-13-25)17-5-3-6-18(15-17)29-2/h3-9,14-16H,10-13H2,1-2H3. The van der Waals surface area contributed by atoms with Crippen LogP contribution in [0.1, 0.15) is 13.0 Å². The maximum Gasteiger partial charge on any atom is 0.267 e. The first-order valence-corrected chi connectivity index (χ1v) is 10.8. The van der Waals surface area contributed by atoms with E-state index in [4.69, 9.17) is 4.74 Å². The molecule has 1 fully saturated rings. The van der Waals surface area contributed by atoms with Gasteiger partial charge in [0.2, 0.25) is 5.91 Å². The van der Waals surface area contributed by atoms with Crippen LogP contribution in [0.25, 0.3) is 10.6 Å². The molecule has 1 unspecified atom stereocenters. The summed E-state index contributed by atoms with van der Waals surface area (Å²) in [6, 6.07) is 14.3. The van der Waals surface area contributed by atoms with Crippen molar-refractivity contribution in [1.29, 1.82) is 0 Å². The van der Waals surface area contributed by atoms with Crippen LogP contribution < -0.4 is 15.2 Å². The monoisotopic (exact) mass is 424 g/mol. The number of amides is 1. The number of rotatable bonds is 5. The molecular formula is C22H24N4O3S. The fourth-order valence-electron chi connectivity index (χ4n) is 3.62. The second kappa shape index (κ2) is 8.71. The minimum absolute atomic E-state index is 0.0850. The highest BCUT2D eigenvalue weighted by Crippen LogP contribution is 2.24. The zero-order valence-electron chi connectivity index (χ0n) is 17.0. The van der Waals surface area contributed by atoms with Gasteiger partial charge in [-0.05, 0) is 36.6 Å². The smallest absolute Gasteiger partial charge is 0.267 e. The number of ether oxygens (including phenoxy) is 1. The van der Waals surface area contributed by atoms with E-state index in [-0.39, 0.29) is 11.5 Å². The highest BCUT2D eigenvalue weighted by atomic mass is 32.1. The van der Waals surface area contributed by atoms with Gasteiger partial charge in [0.15, 0.2) is 0 Å². The first-order valence-electron chi connectivity index (χ1n) is 9.88. The molecule has 0 radical (unpaired) electrons. The van der Waals surface area contributed by atoms with Crippen LogP contribution in [0.5, 0.6) is 5.75 Å². The van der Waals surface area contributed by atoms with E-state index >= 15 is 0 Å². The minimum Gasteiger partial charge on any atom is -0.497 e. The quantitative estimate of drug-likeness (QED) is 0.630. The summed E-state index contributed by atoms with van der Waals surface area (Å²) in [4.78, 5) is 30.5. The lowest BCUT2D eigenvalue weighted by molar-refractivity contribution is -0.135. The first kappa shape index (κ1) is 20.2. The molecule has 0 bridgehead atoms. The number of nitrogens with zero attached hydrogens (tertiary/aromatic N) is 4. The Morgan fingerprint density at radius 1 is 1.10 bits per heavy atom. The molecule has 0 saturated carbocycles. The molecule has 1 atom stereocenters. The summed E-state index contributed by atoms with van der Waals surface area (Å²) in [5, 5.41) is 6.42. The predicted octanol–water partition coefficient (Wildman–Crippen LogP) is 2.89. The topological polar surface area (TPSA) is 67.7 Å². The Kier molecular flexibility index (Phi) is 5.85. The Labute approximate surface area is 179 Å². The highest BCUT2D eigenvalue weighted by molar-refractivity contribution is 7.13. The predicted molar refractivity (Wildman–Crippen MR) is 118 cm³/mol. The van der Waals surface area contributed by atoms with E-state index in [2.05, 4.69) is 10.00 Å². The number of methoxy groups -OCH3 is 1. The van der Waals surface area contributed by atoms with Crippen molar-refractivity contribution in [2.75, 3.05) is 38.2 Å². The van der Waals surface area contributed by atoms with Crippen LogP contribution >= 0.6 is 11.3 Å². The number of hydrogen-bond donors (Lipinski definition) is 0. The number of anilines is 1. The van der Waals surface area contributed by atoms with Crippen molar-refractivity contribution < 1.29 is 9.53 Å². The van der Waals surface area contributed by atoms with Gasteiger partial charge in [-0.15, -0.1) is 11.3 Å². The van der Waals surface area contributed by atoms with Crippen molar-refractivity contribution >= 4 is 22.9 Å². The SMILES string of the molecule is COc1cccc(N2CCN(C(=O)C(C)n3nc(-c4cccs4)ccc3=O)CC2)c1. The van der Waals surface area contributed by atoms with Gasteiger partial charge >= 0.3 is 0 Å². The summed E-state index contributed by atoms with van der Waals surface area (Å²) in [7, 11) is 1.65. The third-order valence-corrected chi connectivity index (χ3v) is 6.23. The van der Waals surface area contributed by atoms with Gasteiger partial charge in [-0.25, -0.2) is 4.68 Å². The van der Waals surface area contributed by atoms with E-state index in [1.54, 1.807) is 31.4 Å². The van der Waals surface area contributed by atoms with Gasteiger partial charge in [0.1, 0.15) is 17.5 Å². The molecule has 4 rings (SSSR count). The summed E-state index contributed by atoms with van der Waals surface area (Å²) in [6.45, 7) is 4.38. The summed E-state index contributed by atoms with van der Waals surface area (Å²) in [5.74, 6) is 0.730. The average molecular weight is 425 g/mol. The van der Waals surface area contributed by atoms with Gasteiger partial charge in [-0.1, -0.05) is 12.1 Å². The molecule has 3 heterocycles. The second-order valence-electron chi connectivity index (χ2n) is 7.17. The molecule has 1 saturated heterocycles. The van der Waals surface area contributed by atoms with Crippen molar-refractivity contribution in [3.63, 3.8) is 0 Å². The molecular weight excluding hydrogens is 400 g/mol. The Balaban J connectivity index is 1.45. The molecule has 1 amide bonds. The van der Waals surface area contributed by atoms with Crippen molar-refractivity contribution in [3.05, 3.63) is 64.3 Å². The van der Waals surface area contributed by atoms with E-state index in [0.717, 1.165) is 29.4 Å². The van der Waals surface area contributed by atoms with E-state index in [1.807, 2.05) is 46.7 Å². The highest BCUT2D eigenvalue weighted by Gasteiger charge is 2.27. The molecule has 0 spiro atoms.